The Morgan fingerprint density at radius 1 is 1.24 bits per heavy atom. The monoisotopic (exact) mass is 481 g/mol. The molecule has 1 saturated heterocycles. The number of aromatic nitrogens is 1. The maximum absolute atomic E-state index is 15.4. The van der Waals surface area contributed by atoms with Crippen LogP contribution in [0.3, 0.4) is 0 Å². The van der Waals surface area contributed by atoms with E-state index in [-0.39, 0.29) is 59.1 Å². The van der Waals surface area contributed by atoms with Gasteiger partial charge in [-0.05, 0) is 31.7 Å². The minimum atomic E-state index is -4.30. The average Bonchev–Trinajstić information content (AvgIpc) is 3.56. The highest BCUT2D eigenvalue weighted by atomic mass is 32.1. The Hall–Kier alpha value is -3.00. The van der Waals surface area contributed by atoms with Crippen molar-refractivity contribution in [3.05, 3.63) is 27.0 Å². The third-order valence-electron chi connectivity index (χ3n) is 6.47. The van der Waals surface area contributed by atoms with Crippen molar-refractivity contribution in [2.24, 2.45) is 5.92 Å². The van der Waals surface area contributed by atoms with Crippen molar-refractivity contribution in [1.82, 2.24) is 4.57 Å². The number of methoxy groups -OCH3 is 1. The van der Waals surface area contributed by atoms with Crippen molar-refractivity contribution in [1.29, 1.82) is 5.26 Å². The van der Waals surface area contributed by atoms with E-state index in [1.54, 1.807) is 0 Å². The number of anilines is 1. The van der Waals surface area contributed by atoms with Crippen molar-refractivity contribution >= 4 is 38.1 Å². The number of pyridine rings is 1. The molecule has 2 aromatic heterocycles. The van der Waals surface area contributed by atoms with Crippen LogP contribution in [0.5, 0.6) is 11.5 Å². The standard InChI is InChI=1S/C22H19F4N3O3S/c1-32-20-16-12(8-13(23)17(20)28-6-4-10(5-7-28)22(24,25)26)18(30)15-19(31)14(9-27)33-21(15)29(16)11-2-3-11/h8,10-11,31H,2-7H2,1H3. The van der Waals surface area contributed by atoms with Crippen molar-refractivity contribution in [2.45, 2.75) is 37.9 Å². The van der Waals surface area contributed by atoms with E-state index >= 15 is 4.39 Å². The van der Waals surface area contributed by atoms with E-state index in [0.717, 1.165) is 30.2 Å². The fourth-order valence-corrected chi connectivity index (χ4v) is 5.78. The first-order valence-electron chi connectivity index (χ1n) is 10.5. The molecular weight excluding hydrogens is 462 g/mol. The number of aromatic hydroxyl groups is 1. The van der Waals surface area contributed by atoms with Gasteiger partial charge in [0.1, 0.15) is 26.9 Å². The van der Waals surface area contributed by atoms with Gasteiger partial charge in [0.2, 0.25) is 5.43 Å². The highest BCUT2D eigenvalue weighted by Gasteiger charge is 2.42. The van der Waals surface area contributed by atoms with Crippen LogP contribution in [0.4, 0.5) is 23.2 Å². The molecule has 0 bridgehead atoms. The SMILES string of the molecule is COc1c(N2CCC(C(F)(F)F)CC2)c(F)cc2c(=O)c3c(O)c(C#N)sc3n(C3CC3)c12. The lowest BCUT2D eigenvalue weighted by molar-refractivity contribution is -0.179. The van der Waals surface area contributed by atoms with Crippen LogP contribution in [0.15, 0.2) is 10.9 Å². The van der Waals surface area contributed by atoms with Crippen LogP contribution >= 0.6 is 11.3 Å². The number of ether oxygens (including phenoxy) is 1. The number of fused-ring (bicyclic) bond motifs is 2. The van der Waals surface area contributed by atoms with E-state index in [9.17, 15) is 28.3 Å². The highest BCUT2D eigenvalue weighted by Crippen LogP contribution is 2.49. The molecule has 1 aliphatic heterocycles. The summed E-state index contributed by atoms with van der Waals surface area (Å²) in [6.45, 7) is -0.00548. The summed E-state index contributed by atoms with van der Waals surface area (Å²) >= 11 is 0.980. The van der Waals surface area contributed by atoms with Crippen molar-refractivity contribution in [2.75, 3.05) is 25.1 Å². The third kappa shape index (κ3) is 3.30. The summed E-state index contributed by atoms with van der Waals surface area (Å²) in [5, 5.41) is 19.8. The summed E-state index contributed by atoms with van der Waals surface area (Å²) in [5.74, 6) is -2.56. The first-order chi connectivity index (χ1) is 15.7. The summed E-state index contributed by atoms with van der Waals surface area (Å²) in [7, 11) is 1.33. The lowest BCUT2D eigenvalue weighted by atomic mass is 9.95. The normalized spacial score (nSPS) is 17.6. The molecule has 0 unspecified atom stereocenters. The van der Waals surface area contributed by atoms with E-state index in [1.165, 1.54) is 12.0 Å². The van der Waals surface area contributed by atoms with E-state index < -0.39 is 29.1 Å². The number of benzene rings is 1. The molecule has 3 heterocycles. The van der Waals surface area contributed by atoms with Gasteiger partial charge in [-0.3, -0.25) is 4.79 Å². The Kier molecular flexibility index (Phi) is 4.97. The van der Waals surface area contributed by atoms with Gasteiger partial charge in [-0.2, -0.15) is 18.4 Å². The quantitative estimate of drug-likeness (QED) is 0.530. The van der Waals surface area contributed by atoms with Gasteiger partial charge in [-0.25, -0.2) is 4.39 Å². The van der Waals surface area contributed by atoms with Crippen LogP contribution in [-0.2, 0) is 0 Å². The fraction of sp³-hybridized carbons (Fsp3) is 0.455. The van der Waals surface area contributed by atoms with Gasteiger partial charge in [-0.1, -0.05) is 0 Å². The molecule has 1 aromatic carbocycles. The molecule has 0 radical (unpaired) electrons. The first kappa shape index (κ1) is 21.8. The summed E-state index contributed by atoms with van der Waals surface area (Å²) in [4.78, 5) is 15.2. The Bertz CT molecular complexity index is 1380. The smallest absolute Gasteiger partial charge is 0.391 e. The van der Waals surface area contributed by atoms with Crippen LogP contribution in [-0.4, -0.2) is 36.0 Å². The largest absolute Gasteiger partial charge is 0.505 e. The summed E-state index contributed by atoms with van der Waals surface area (Å²) in [6.07, 6.45) is -3.04. The molecule has 1 saturated carbocycles. The van der Waals surface area contributed by atoms with Crippen LogP contribution in [0.1, 0.15) is 36.6 Å². The molecule has 174 valence electrons. The first-order valence-corrected chi connectivity index (χ1v) is 11.3. The molecule has 5 rings (SSSR count). The van der Waals surface area contributed by atoms with E-state index in [0.29, 0.717) is 10.3 Å². The topological polar surface area (TPSA) is 78.5 Å². The predicted octanol–water partition coefficient (Wildman–Crippen LogP) is 5.05. The van der Waals surface area contributed by atoms with Gasteiger partial charge in [0.05, 0.1) is 23.9 Å². The van der Waals surface area contributed by atoms with E-state index in [2.05, 4.69) is 0 Å². The molecule has 2 aliphatic rings. The van der Waals surface area contributed by atoms with Gasteiger partial charge in [-0.15, -0.1) is 11.3 Å². The molecule has 11 heteroatoms. The fourth-order valence-electron chi connectivity index (χ4n) is 4.72. The minimum Gasteiger partial charge on any atom is -0.505 e. The molecule has 0 atom stereocenters. The molecule has 1 N–H and O–H groups in total. The minimum absolute atomic E-state index is 0.00274. The number of rotatable bonds is 3. The maximum atomic E-state index is 15.4. The van der Waals surface area contributed by atoms with Crippen molar-refractivity contribution in [3.63, 3.8) is 0 Å². The van der Waals surface area contributed by atoms with Crippen molar-refractivity contribution in [3.8, 4) is 17.6 Å². The van der Waals surface area contributed by atoms with Crippen LogP contribution in [0.25, 0.3) is 21.1 Å². The Labute approximate surface area is 189 Å². The van der Waals surface area contributed by atoms with Crippen molar-refractivity contribution < 1.29 is 27.4 Å². The number of hydrogen-bond donors (Lipinski definition) is 1. The van der Waals surface area contributed by atoms with Gasteiger partial charge < -0.3 is 19.3 Å². The maximum Gasteiger partial charge on any atom is 0.391 e. The molecule has 1 aliphatic carbocycles. The lowest BCUT2D eigenvalue weighted by Crippen LogP contribution is -2.39. The second kappa shape index (κ2) is 7.52. The second-order valence-corrected chi connectivity index (χ2v) is 9.44. The van der Waals surface area contributed by atoms with Gasteiger partial charge in [0, 0.05) is 19.1 Å². The molecule has 6 nitrogen and oxygen atoms in total. The summed E-state index contributed by atoms with van der Waals surface area (Å²) in [5.41, 5.74) is -0.260. The molecule has 0 spiro atoms. The zero-order chi connectivity index (χ0) is 23.7. The van der Waals surface area contributed by atoms with Crippen LogP contribution in [0, 0.1) is 23.1 Å². The molecule has 2 fully saturated rings. The molecular formula is C22H19F4N3O3S. The van der Waals surface area contributed by atoms with Crippen LogP contribution < -0.4 is 15.1 Å². The Morgan fingerprint density at radius 2 is 1.91 bits per heavy atom. The van der Waals surface area contributed by atoms with Gasteiger partial charge in [0.15, 0.2) is 17.3 Å². The number of piperidine rings is 1. The Morgan fingerprint density at radius 3 is 2.45 bits per heavy atom. The summed E-state index contributed by atoms with van der Waals surface area (Å²) < 4.78 is 62.1. The number of nitriles is 1. The highest BCUT2D eigenvalue weighted by molar-refractivity contribution is 7.19. The average molecular weight is 481 g/mol. The number of hydrogen-bond acceptors (Lipinski definition) is 6. The zero-order valence-electron chi connectivity index (χ0n) is 17.5. The summed E-state index contributed by atoms with van der Waals surface area (Å²) in [6, 6.07) is 2.92. The molecule has 33 heavy (non-hydrogen) atoms. The molecule has 0 amide bonds. The van der Waals surface area contributed by atoms with Gasteiger partial charge in [0.25, 0.3) is 0 Å². The van der Waals surface area contributed by atoms with Crippen LogP contribution in [0.2, 0.25) is 0 Å². The third-order valence-corrected chi connectivity index (χ3v) is 7.55. The van der Waals surface area contributed by atoms with E-state index in [1.807, 2.05) is 10.6 Å². The lowest BCUT2D eigenvalue weighted by Gasteiger charge is -2.35. The Balaban J connectivity index is 1.76. The number of thiophene rings is 1. The predicted molar refractivity (Wildman–Crippen MR) is 116 cm³/mol. The number of alkyl halides is 3. The zero-order valence-corrected chi connectivity index (χ0v) is 18.3. The van der Waals surface area contributed by atoms with Gasteiger partial charge >= 0.3 is 6.18 Å². The number of nitrogens with zero attached hydrogens (tertiary/aromatic N) is 3. The van der Waals surface area contributed by atoms with E-state index in [4.69, 9.17) is 4.74 Å². The second-order valence-electron chi connectivity index (χ2n) is 8.44. The molecule has 3 aromatic rings. The number of halogens is 4.